The van der Waals surface area contributed by atoms with Crippen molar-refractivity contribution >= 4 is 0 Å². The summed E-state index contributed by atoms with van der Waals surface area (Å²) in [6.45, 7) is 7.13. The van der Waals surface area contributed by atoms with E-state index < -0.39 is 0 Å². The van der Waals surface area contributed by atoms with Gasteiger partial charge < -0.3 is 0 Å². The molecule has 0 radical (unpaired) electrons. The van der Waals surface area contributed by atoms with Crippen LogP contribution in [0.15, 0.2) is 0 Å². The lowest BCUT2D eigenvalue weighted by molar-refractivity contribution is -0.440. The second kappa shape index (κ2) is 1.96. The van der Waals surface area contributed by atoms with Crippen molar-refractivity contribution in [1.82, 2.24) is 5.06 Å². The monoisotopic (exact) mass is 181 g/mol. The maximum atomic E-state index is 5.85. The van der Waals surface area contributed by atoms with Crippen molar-refractivity contribution in [2.45, 2.75) is 45.3 Å². The molecule has 2 bridgehead atoms. The third-order valence-electron chi connectivity index (χ3n) is 5.11. The minimum atomic E-state index is 0.174. The predicted octanol–water partition coefficient (Wildman–Crippen LogP) is 2.06. The molecule has 74 valence electrons. The summed E-state index contributed by atoms with van der Waals surface area (Å²) in [5, 5.41) is 2.06. The van der Waals surface area contributed by atoms with Gasteiger partial charge in [0.2, 0.25) is 0 Å². The Labute approximate surface area is 80.2 Å². The fourth-order valence-corrected chi connectivity index (χ4v) is 4.08. The maximum Gasteiger partial charge on any atom is 0.108 e. The minimum Gasteiger partial charge on any atom is -0.291 e. The highest BCUT2D eigenvalue weighted by atomic mass is 16.7. The van der Waals surface area contributed by atoms with Gasteiger partial charge in [-0.1, -0.05) is 13.8 Å². The van der Waals surface area contributed by atoms with E-state index >= 15 is 0 Å². The van der Waals surface area contributed by atoms with Gasteiger partial charge in [-0.3, -0.25) is 4.84 Å². The van der Waals surface area contributed by atoms with Crippen LogP contribution in [0.2, 0.25) is 0 Å². The Morgan fingerprint density at radius 2 is 1.92 bits per heavy atom. The molecule has 3 aliphatic carbocycles. The highest BCUT2D eigenvalue weighted by Crippen LogP contribution is 2.67. The summed E-state index contributed by atoms with van der Waals surface area (Å²) in [4.78, 5) is 5.85. The summed E-state index contributed by atoms with van der Waals surface area (Å²) < 4.78 is 0. The molecule has 0 aromatic heterocycles. The third kappa shape index (κ3) is 0.701. The van der Waals surface area contributed by atoms with E-state index in [2.05, 4.69) is 32.9 Å². The molecular formula is C11H19NO. The zero-order valence-electron chi connectivity index (χ0n) is 9.00. The minimum absolute atomic E-state index is 0.174. The summed E-state index contributed by atoms with van der Waals surface area (Å²) in [6, 6.07) is 0.698. The summed E-state index contributed by atoms with van der Waals surface area (Å²) in [5.74, 6) is 1.74. The zero-order chi connectivity index (χ0) is 9.43. The highest BCUT2D eigenvalue weighted by Gasteiger charge is 2.69. The van der Waals surface area contributed by atoms with Gasteiger partial charge in [-0.05, 0) is 37.0 Å². The van der Waals surface area contributed by atoms with Gasteiger partial charge in [0.15, 0.2) is 0 Å². The van der Waals surface area contributed by atoms with Crippen molar-refractivity contribution in [3.63, 3.8) is 0 Å². The Kier molecular flexibility index (Phi) is 1.24. The van der Waals surface area contributed by atoms with Gasteiger partial charge in [-0.2, -0.15) is 5.06 Å². The van der Waals surface area contributed by atoms with Crippen LogP contribution in [-0.4, -0.2) is 23.8 Å². The van der Waals surface area contributed by atoms with E-state index in [1.54, 1.807) is 0 Å². The number of hydroxylamine groups is 2. The summed E-state index contributed by atoms with van der Waals surface area (Å²) in [6.07, 6.45) is 2.74. The van der Waals surface area contributed by atoms with Crippen molar-refractivity contribution in [2.24, 2.45) is 17.3 Å². The van der Waals surface area contributed by atoms with Crippen LogP contribution in [0, 0.1) is 17.3 Å². The standard InChI is InChI=1S/C11H19NO/c1-10(2)7-5-8(10)11(3)9(6-7)12(4)13-11/h7-9H,5-6H2,1-4H3/t7?,8?,9?,11-/m0/s1. The normalized spacial score (nSPS) is 57.7. The van der Waals surface area contributed by atoms with Gasteiger partial charge in [-0.25, -0.2) is 0 Å². The smallest absolute Gasteiger partial charge is 0.108 e. The van der Waals surface area contributed by atoms with E-state index in [0.29, 0.717) is 11.5 Å². The Morgan fingerprint density at radius 1 is 1.23 bits per heavy atom. The van der Waals surface area contributed by atoms with Crippen LogP contribution in [0.3, 0.4) is 0 Å². The summed E-state index contributed by atoms with van der Waals surface area (Å²) >= 11 is 0. The van der Waals surface area contributed by atoms with Crippen LogP contribution < -0.4 is 0 Å². The van der Waals surface area contributed by atoms with Gasteiger partial charge in [-0.15, -0.1) is 0 Å². The van der Waals surface area contributed by atoms with Gasteiger partial charge in [0.25, 0.3) is 0 Å². The molecule has 13 heavy (non-hydrogen) atoms. The van der Waals surface area contributed by atoms with E-state index in [-0.39, 0.29) is 5.60 Å². The van der Waals surface area contributed by atoms with Gasteiger partial charge in [0.1, 0.15) is 5.60 Å². The van der Waals surface area contributed by atoms with Crippen molar-refractivity contribution in [2.75, 3.05) is 7.05 Å². The third-order valence-corrected chi connectivity index (χ3v) is 5.11. The Bertz CT molecular complexity index is 263. The molecule has 2 heteroatoms. The Balaban J connectivity index is 1.93. The molecule has 0 amide bonds. The second-order valence-electron chi connectivity index (χ2n) is 5.88. The lowest BCUT2D eigenvalue weighted by Gasteiger charge is -2.72. The molecule has 0 aromatic carbocycles. The number of rotatable bonds is 0. The predicted molar refractivity (Wildman–Crippen MR) is 51.0 cm³/mol. The molecule has 0 spiro atoms. The quantitative estimate of drug-likeness (QED) is 0.567. The molecule has 4 atom stereocenters. The Morgan fingerprint density at radius 3 is 2.38 bits per heavy atom. The van der Waals surface area contributed by atoms with Crippen molar-refractivity contribution in [3.8, 4) is 0 Å². The van der Waals surface area contributed by atoms with Crippen LogP contribution >= 0.6 is 0 Å². The molecule has 2 nitrogen and oxygen atoms in total. The van der Waals surface area contributed by atoms with Crippen molar-refractivity contribution < 1.29 is 4.84 Å². The topological polar surface area (TPSA) is 12.5 Å². The zero-order valence-corrected chi connectivity index (χ0v) is 9.00. The van der Waals surface area contributed by atoms with E-state index in [1.807, 2.05) is 0 Å². The first-order chi connectivity index (χ1) is 5.96. The second-order valence-corrected chi connectivity index (χ2v) is 5.88. The fourth-order valence-electron chi connectivity index (χ4n) is 4.08. The summed E-state index contributed by atoms with van der Waals surface area (Å²) in [5.41, 5.74) is 0.708. The van der Waals surface area contributed by atoms with Crippen LogP contribution in [0.1, 0.15) is 33.6 Å². The number of nitrogens with zero attached hydrogens (tertiary/aromatic N) is 1. The van der Waals surface area contributed by atoms with E-state index in [1.165, 1.54) is 12.8 Å². The first-order valence-electron chi connectivity index (χ1n) is 5.38. The molecular weight excluding hydrogens is 162 g/mol. The molecule has 1 heterocycles. The van der Waals surface area contributed by atoms with Gasteiger partial charge >= 0.3 is 0 Å². The molecule has 0 aromatic rings. The maximum absolute atomic E-state index is 5.85. The average Bonchev–Trinajstić information content (AvgIpc) is 2.01. The number of hydrogen-bond donors (Lipinski definition) is 0. The fraction of sp³-hybridized carbons (Fsp3) is 1.00. The van der Waals surface area contributed by atoms with Gasteiger partial charge in [0, 0.05) is 7.05 Å². The van der Waals surface area contributed by atoms with Crippen LogP contribution in [0.25, 0.3) is 0 Å². The Hall–Kier alpha value is -0.0800. The summed E-state index contributed by atoms with van der Waals surface area (Å²) in [7, 11) is 2.07. The molecule has 4 fully saturated rings. The van der Waals surface area contributed by atoms with Crippen LogP contribution in [0.5, 0.6) is 0 Å². The number of hydrogen-bond acceptors (Lipinski definition) is 2. The number of likely N-dealkylation sites (N-methyl/N-ethyl adjacent to an activating group) is 1. The van der Waals surface area contributed by atoms with Crippen LogP contribution in [-0.2, 0) is 4.84 Å². The van der Waals surface area contributed by atoms with Crippen LogP contribution in [0.4, 0.5) is 0 Å². The van der Waals surface area contributed by atoms with E-state index in [0.717, 1.165) is 11.8 Å². The van der Waals surface area contributed by atoms with Crippen molar-refractivity contribution in [1.29, 1.82) is 0 Å². The molecule has 4 aliphatic rings. The molecule has 3 unspecified atom stereocenters. The molecule has 0 N–H and O–H groups in total. The average molecular weight is 181 g/mol. The lowest BCUT2D eigenvalue weighted by Crippen LogP contribution is -2.78. The lowest BCUT2D eigenvalue weighted by atomic mass is 9.42. The SMILES string of the molecule is CN1O[C@]2(C)C1CC1CC2C1(C)C. The molecule has 3 saturated carbocycles. The molecule has 1 saturated heterocycles. The van der Waals surface area contributed by atoms with E-state index in [9.17, 15) is 0 Å². The first kappa shape index (κ1) is 8.25. The van der Waals surface area contributed by atoms with E-state index in [4.69, 9.17) is 4.84 Å². The van der Waals surface area contributed by atoms with Gasteiger partial charge in [0.05, 0.1) is 6.04 Å². The highest BCUT2D eigenvalue weighted by molar-refractivity contribution is 5.17. The van der Waals surface area contributed by atoms with Crippen molar-refractivity contribution in [3.05, 3.63) is 0 Å². The first-order valence-corrected chi connectivity index (χ1v) is 5.38. The largest absolute Gasteiger partial charge is 0.291 e. The molecule has 4 rings (SSSR count). The molecule has 1 aliphatic heterocycles.